The maximum Gasteiger partial charge on any atom is 0.270 e. The van der Waals surface area contributed by atoms with Crippen LogP contribution in [-0.4, -0.2) is 17.0 Å². The van der Waals surface area contributed by atoms with E-state index in [2.05, 4.69) is 10.5 Å². The SMILES string of the molecule is O=C(NN=Cc1cc([N+](=O)[O-])ccc1Cl)C1CCCCC1. The van der Waals surface area contributed by atoms with Crippen molar-refractivity contribution < 1.29 is 9.72 Å². The minimum Gasteiger partial charge on any atom is -0.273 e. The molecule has 0 spiro atoms. The first kappa shape index (κ1) is 15.4. The zero-order chi connectivity index (χ0) is 15.2. The summed E-state index contributed by atoms with van der Waals surface area (Å²) in [6.07, 6.45) is 6.42. The first-order chi connectivity index (χ1) is 10.1. The molecule has 1 amide bonds. The number of carbonyl (C=O) groups excluding carboxylic acids is 1. The number of hydrazone groups is 1. The zero-order valence-corrected chi connectivity index (χ0v) is 12.2. The molecule has 0 bridgehead atoms. The molecule has 1 aromatic carbocycles. The maximum atomic E-state index is 11.9. The summed E-state index contributed by atoms with van der Waals surface area (Å²) in [5.74, 6) is -0.0935. The van der Waals surface area contributed by atoms with Crippen molar-refractivity contribution in [1.82, 2.24) is 5.43 Å². The van der Waals surface area contributed by atoms with E-state index in [9.17, 15) is 14.9 Å². The molecule has 2 rings (SSSR count). The first-order valence-corrected chi connectivity index (χ1v) is 7.22. The Morgan fingerprint density at radius 2 is 2.10 bits per heavy atom. The van der Waals surface area contributed by atoms with Crippen LogP contribution in [0.2, 0.25) is 5.02 Å². The maximum absolute atomic E-state index is 11.9. The van der Waals surface area contributed by atoms with Crippen molar-refractivity contribution in [3.63, 3.8) is 0 Å². The van der Waals surface area contributed by atoms with Gasteiger partial charge in [0, 0.05) is 28.6 Å². The minimum absolute atomic E-state index is 0.0106. The number of nitrogens with zero attached hydrogens (tertiary/aromatic N) is 2. The molecule has 7 heteroatoms. The number of nitro groups is 1. The number of carbonyl (C=O) groups is 1. The van der Waals surface area contributed by atoms with Gasteiger partial charge in [-0.2, -0.15) is 5.10 Å². The Balaban J connectivity index is 1.99. The van der Waals surface area contributed by atoms with Crippen molar-refractivity contribution in [1.29, 1.82) is 0 Å². The highest BCUT2D eigenvalue weighted by atomic mass is 35.5. The van der Waals surface area contributed by atoms with E-state index >= 15 is 0 Å². The van der Waals surface area contributed by atoms with Gasteiger partial charge >= 0.3 is 0 Å². The lowest BCUT2D eigenvalue weighted by Crippen LogP contribution is -2.28. The number of hydrogen-bond acceptors (Lipinski definition) is 4. The van der Waals surface area contributed by atoms with Crippen LogP contribution in [0.5, 0.6) is 0 Å². The molecule has 0 aliphatic heterocycles. The third kappa shape index (κ3) is 4.26. The molecule has 1 saturated carbocycles. The summed E-state index contributed by atoms with van der Waals surface area (Å²) in [6.45, 7) is 0. The molecule has 112 valence electrons. The normalized spacial score (nSPS) is 16.0. The summed E-state index contributed by atoms with van der Waals surface area (Å²) >= 11 is 5.94. The van der Waals surface area contributed by atoms with Gasteiger partial charge in [0.05, 0.1) is 11.1 Å². The van der Waals surface area contributed by atoms with E-state index in [1.807, 2.05) is 0 Å². The van der Waals surface area contributed by atoms with Gasteiger partial charge < -0.3 is 0 Å². The van der Waals surface area contributed by atoms with Crippen molar-refractivity contribution in [3.8, 4) is 0 Å². The fourth-order valence-electron chi connectivity index (χ4n) is 2.37. The molecule has 0 radical (unpaired) electrons. The molecule has 6 nitrogen and oxygen atoms in total. The second-order valence-corrected chi connectivity index (χ2v) is 5.44. The number of nitrogens with one attached hydrogen (secondary N) is 1. The van der Waals surface area contributed by atoms with E-state index < -0.39 is 4.92 Å². The standard InChI is InChI=1S/C14H16ClN3O3/c15-13-7-6-12(18(20)21)8-11(13)9-16-17-14(19)10-4-2-1-3-5-10/h6-10H,1-5H2,(H,17,19). The number of hydrogen-bond donors (Lipinski definition) is 1. The molecule has 1 N–H and O–H groups in total. The smallest absolute Gasteiger partial charge is 0.270 e. The van der Waals surface area contributed by atoms with Crippen molar-refractivity contribution in [2.45, 2.75) is 32.1 Å². The molecule has 0 atom stereocenters. The van der Waals surface area contributed by atoms with Crippen LogP contribution < -0.4 is 5.43 Å². The summed E-state index contributed by atoms with van der Waals surface area (Å²) in [6, 6.07) is 4.07. The average molecular weight is 310 g/mol. The van der Waals surface area contributed by atoms with Crippen molar-refractivity contribution in [2.24, 2.45) is 11.0 Å². The molecule has 1 aromatic rings. The van der Waals surface area contributed by atoms with Crippen LogP contribution in [0.25, 0.3) is 0 Å². The molecule has 0 aromatic heterocycles. The lowest BCUT2D eigenvalue weighted by atomic mass is 9.89. The largest absolute Gasteiger partial charge is 0.273 e. The monoisotopic (exact) mass is 309 g/mol. The van der Waals surface area contributed by atoms with E-state index in [-0.39, 0.29) is 17.5 Å². The Labute approximate surface area is 127 Å². The number of rotatable bonds is 4. The number of amides is 1. The third-order valence-corrected chi connectivity index (χ3v) is 3.89. The highest BCUT2D eigenvalue weighted by Gasteiger charge is 2.20. The van der Waals surface area contributed by atoms with Gasteiger partial charge in [-0.25, -0.2) is 5.43 Å². The van der Waals surface area contributed by atoms with Gasteiger partial charge in [0.15, 0.2) is 0 Å². The first-order valence-electron chi connectivity index (χ1n) is 6.85. The second-order valence-electron chi connectivity index (χ2n) is 5.03. The molecule has 1 aliphatic rings. The highest BCUT2D eigenvalue weighted by Crippen LogP contribution is 2.23. The fourth-order valence-corrected chi connectivity index (χ4v) is 2.53. The lowest BCUT2D eigenvalue weighted by molar-refractivity contribution is -0.384. The van der Waals surface area contributed by atoms with Gasteiger partial charge in [-0.3, -0.25) is 14.9 Å². The second kappa shape index (κ2) is 7.17. The summed E-state index contributed by atoms with van der Waals surface area (Å²) in [4.78, 5) is 22.1. The van der Waals surface area contributed by atoms with Crippen LogP contribution in [0.1, 0.15) is 37.7 Å². The molecular weight excluding hydrogens is 294 g/mol. The van der Waals surface area contributed by atoms with Crippen molar-refractivity contribution in [2.75, 3.05) is 0 Å². The van der Waals surface area contributed by atoms with Crippen LogP contribution in [0.15, 0.2) is 23.3 Å². The molecule has 1 fully saturated rings. The Kier molecular flexibility index (Phi) is 5.27. The predicted molar refractivity (Wildman–Crippen MR) is 80.4 cm³/mol. The number of halogens is 1. The van der Waals surface area contributed by atoms with Crippen LogP contribution in [-0.2, 0) is 4.79 Å². The predicted octanol–water partition coefficient (Wildman–Crippen LogP) is 3.28. The van der Waals surface area contributed by atoms with Gasteiger partial charge in [-0.1, -0.05) is 30.9 Å². The fraction of sp³-hybridized carbons (Fsp3) is 0.429. The summed E-state index contributed by atoms with van der Waals surface area (Å²) in [7, 11) is 0. The van der Waals surface area contributed by atoms with Crippen LogP contribution in [0.4, 0.5) is 5.69 Å². The minimum atomic E-state index is -0.506. The third-order valence-electron chi connectivity index (χ3n) is 3.54. The van der Waals surface area contributed by atoms with E-state index in [4.69, 9.17) is 11.6 Å². The summed E-state index contributed by atoms with van der Waals surface area (Å²) in [5, 5.41) is 14.9. The number of non-ortho nitro benzene ring substituents is 1. The van der Waals surface area contributed by atoms with Crippen molar-refractivity contribution >= 4 is 29.4 Å². The number of nitro benzene ring substituents is 1. The van der Waals surface area contributed by atoms with Crippen molar-refractivity contribution in [3.05, 3.63) is 38.9 Å². The topological polar surface area (TPSA) is 84.6 Å². The molecular formula is C14H16ClN3O3. The van der Waals surface area contributed by atoms with E-state index in [0.29, 0.717) is 10.6 Å². The number of benzene rings is 1. The van der Waals surface area contributed by atoms with E-state index in [1.165, 1.54) is 30.8 Å². The van der Waals surface area contributed by atoms with E-state index in [1.54, 1.807) is 0 Å². The van der Waals surface area contributed by atoms with Gasteiger partial charge in [0.2, 0.25) is 5.91 Å². The van der Waals surface area contributed by atoms with Gasteiger partial charge in [-0.05, 0) is 18.9 Å². The quantitative estimate of drug-likeness (QED) is 0.526. The summed E-state index contributed by atoms with van der Waals surface area (Å²) < 4.78 is 0. The highest BCUT2D eigenvalue weighted by molar-refractivity contribution is 6.33. The molecule has 0 unspecified atom stereocenters. The van der Waals surface area contributed by atoms with E-state index in [0.717, 1.165) is 25.7 Å². The van der Waals surface area contributed by atoms with Gasteiger partial charge in [0.1, 0.15) is 0 Å². The Morgan fingerprint density at radius 1 is 1.38 bits per heavy atom. The van der Waals surface area contributed by atoms with Gasteiger partial charge in [-0.15, -0.1) is 0 Å². The molecule has 0 saturated heterocycles. The Bertz CT molecular complexity index is 569. The molecule has 0 heterocycles. The van der Waals surface area contributed by atoms with Crippen LogP contribution >= 0.6 is 11.6 Å². The molecule has 1 aliphatic carbocycles. The summed E-state index contributed by atoms with van der Waals surface area (Å²) in [5.41, 5.74) is 2.81. The van der Waals surface area contributed by atoms with Crippen LogP contribution in [0.3, 0.4) is 0 Å². The van der Waals surface area contributed by atoms with Gasteiger partial charge in [0.25, 0.3) is 5.69 Å². The average Bonchev–Trinajstić information content (AvgIpc) is 2.49. The Hall–Kier alpha value is -1.95. The lowest BCUT2D eigenvalue weighted by Gasteiger charge is -2.19. The van der Waals surface area contributed by atoms with Crippen LogP contribution in [0, 0.1) is 16.0 Å². The molecule has 21 heavy (non-hydrogen) atoms. The Morgan fingerprint density at radius 3 is 2.76 bits per heavy atom. The zero-order valence-electron chi connectivity index (χ0n) is 11.4.